The first-order chi connectivity index (χ1) is 16.0. The molecule has 1 aliphatic heterocycles. The van der Waals surface area contributed by atoms with Gasteiger partial charge in [0.05, 0.1) is 27.4 Å². The molecule has 0 radical (unpaired) electrons. The van der Waals surface area contributed by atoms with Crippen LogP contribution in [0, 0.1) is 0 Å². The number of hydrogen-bond acceptors (Lipinski definition) is 6. The van der Waals surface area contributed by atoms with Gasteiger partial charge < -0.3 is 24.8 Å². The van der Waals surface area contributed by atoms with Gasteiger partial charge in [0.25, 0.3) is 11.8 Å². The highest BCUT2D eigenvalue weighted by Crippen LogP contribution is 2.28. The smallest absolute Gasteiger partial charge is 0.267 e. The van der Waals surface area contributed by atoms with Crippen LogP contribution in [0.5, 0.6) is 11.5 Å². The van der Waals surface area contributed by atoms with Gasteiger partial charge >= 0.3 is 0 Å². The minimum absolute atomic E-state index is 0.115. The van der Waals surface area contributed by atoms with Crippen LogP contribution in [0.25, 0.3) is 6.08 Å². The van der Waals surface area contributed by atoms with Crippen LogP contribution in [0.2, 0.25) is 5.02 Å². The monoisotopic (exact) mass is 473 g/mol. The maximum absolute atomic E-state index is 13.0. The summed E-state index contributed by atoms with van der Waals surface area (Å²) in [5.41, 5.74) is 1.17. The minimum Gasteiger partial charge on any atom is -0.493 e. The molecule has 2 amide bonds. The van der Waals surface area contributed by atoms with E-state index in [4.69, 9.17) is 25.8 Å². The molecule has 0 spiro atoms. The summed E-state index contributed by atoms with van der Waals surface area (Å²) in [5.74, 6) is 0.279. The van der Waals surface area contributed by atoms with Crippen LogP contribution in [-0.2, 0) is 9.53 Å². The van der Waals surface area contributed by atoms with E-state index in [1.807, 2.05) is 0 Å². The van der Waals surface area contributed by atoms with Crippen molar-refractivity contribution in [1.82, 2.24) is 15.5 Å². The number of halogens is 1. The lowest BCUT2D eigenvalue weighted by Crippen LogP contribution is -2.42. The van der Waals surface area contributed by atoms with Crippen molar-refractivity contribution in [2.45, 2.75) is 0 Å². The molecule has 0 unspecified atom stereocenters. The fourth-order valence-electron chi connectivity index (χ4n) is 3.31. The lowest BCUT2D eigenvalue weighted by molar-refractivity contribution is -0.117. The Morgan fingerprint density at radius 2 is 1.76 bits per heavy atom. The van der Waals surface area contributed by atoms with Crippen molar-refractivity contribution in [1.29, 1.82) is 0 Å². The van der Waals surface area contributed by atoms with E-state index in [2.05, 4.69) is 15.5 Å². The summed E-state index contributed by atoms with van der Waals surface area (Å²) in [7, 11) is 3.08. The number of rotatable bonds is 9. The van der Waals surface area contributed by atoms with Crippen molar-refractivity contribution in [3.8, 4) is 11.5 Å². The SMILES string of the molecule is COc1ccc(/C=C(/NC(=O)c2ccc(Cl)cc2)C(=O)NCCN2CCOCC2)cc1OC. The average molecular weight is 474 g/mol. The largest absolute Gasteiger partial charge is 0.493 e. The van der Waals surface area contributed by atoms with Crippen molar-refractivity contribution in [3.63, 3.8) is 0 Å². The zero-order chi connectivity index (χ0) is 23.6. The molecular formula is C24H28ClN3O5. The fourth-order valence-corrected chi connectivity index (χ4v) is 3.44. The number of amides is 2. The van der Waals surface area contributed by atoms with E-state index in [1.165, 1.54) is 7.11 Å². The van der Waals surface area contributed by atoms with Crippen molar-refractivity contribution < 1.29 is 23.8 Å². The van der Waals surface area contributed by atoms with E-state index in [1.54, 1.807) is 55.7 Å². The fraction of sp³-hybridized carbons (Fsp3) is 0.333. The lowest BCUT2D eigenvalue weighted by Gasteiger charge is -2.26. The molecule has 176 valence electrons. The standard InChI is InChI=1S/C24H28ClN3O5/c1-31-21-8-3-17(16-22(21)32-2)15-20(27-23(29)18-4-6-19(25)7-5-18)24(30)26-9-10-28-11-13-33-14-12-28/h3-8,15-16H,9-14H2,1-2H3,(H,26,30)(H,27,29)/b20-15+. The number of hydrogen-bond donors (Lipinski definition) is 2. The molecule has 0 atom stereocenters. The number of nitrogens with one attached hydrogen (secondary N) is 2. The van der Waals surface area contributed by atoms with Crippen molar-refractivity contribution in [2.75, 3.05) is 53.6 Å². The van der Waals surface area contributed by atoms with E-state index < -0.39 is 5.91 Å². The highest BCUT2D eigenvalue weighted by atomic mass is 35.5. The quantitative estimate of drug-likeness (QED) is 0.544. The van der Waals surface area contributed by atoms with Gasteiger partial charge in [0.2, 0.25) is 0 Å². The topological polar surface area (TPSA) is 89.1 Å². The van der Waals surface area contributed by atoms with Gasteiger partial charge in [-0.1, -0.05) is 17.7 Å². The van der Waals surface area contributed by atoms with E-state index in [0.717, 1.165) is 13.1 Å². The van der Waals surface area contributed by atoms with E-state index >= 15 is 0 Å². The number of morpholine rings is 1. The van der Waals surface area contributed by atoms with Gasteiger partial charge in [0.15, 0.2) is 11.5 Å². The second-order valence-corrected chi connectivity index (χ2v) is 7.78. The molecule has 0 bridgehead atoms. The Bertz CT molecular complexity index is 988. The second-order valence-electron chi connectivity index (χ2n) is 7.34. The van der Waals surface area contributed by atoms with Crippen LogP contribution in [0.4, 0.5) is 0 Å². The third-order valence-electron chi connectivity index (χ3n) is 5.14. The zero-order valence-electron chi connectivity index (χ0n) is 18.7. The first-order valence-corrected chi connectivity index (χ1v) is 11.0. The molecule has 9 heteroatoms. The summed E-state index contributed by atoms with van der Waals surface area (Å²) in [6.45, 7) is 4.18. The van der Waals surface area contributed by atoms with Gasteiger partial charge in [-0.3, -0.25) is 14.5 Å². The van der Waals surface area contributed by atoms with Crippen LogP contribution in [0.15, 0.2) is 48.2 Å². The maximum atomic E-state index is 13.0. The molecule has 2 aromatic rings. The Morgan fingerprint density at radius 3 is 2.42 bits per heavy atom. The van der Waals surface area contributed by atoms with Crippen molar-refractivity contribution in [2.24, 2.45) is 0 Å². The van der Waals surface area contributed by atoms with Crippen LogP contribution >= 0.6 is 11.6 Å². The first-order valence-electron chi connectivity index (χ1n) is 10.6. The molecule has 0 aliphatic carbocycles. The zero-order valence-corrected chi connectivity index (χ0v) is 19.5. The van der Waals surface area contributed by atoms with Crippen molar-refractivity contribution >= 4 is 29.5 Å². The Labute approximate surface area is 198 Å². The third kappa shape index (κ3) is 7.21. The predicted octanol–water partition coefficient (Wildman–Crippen LogP) is 2.58. The summed E-state index contributed by atoms with van der Waals surface area (Å²) < 4.78 is 16.0. The van der Waals surface area contributed by atoms with Gasteiger partial charge in [-0.25, -0.2) is 0 Å². The summed E-state index contributed by atoms with van der Waals surface area (Å²) in [4.78, 5) is 28.0. The maximum Gasteiger partial charge on any atom is 0.267 e. The number of ether oxygens (including phenoxy) is 3. The summed E-state index contributed by atoms with van der Waals surface area (Å²) >= 11 is 5.91. The van der Waals surface area contributed by atoms with Gasteiger partial charge in [-0.15, -0.1) is 0 Å². The molecule has 2 aromatic carbocycles. The minimum atomic E-state index is -0.415. The van der Waals surface area contributed by atoms with Gasteiger partial charge in [-0.2, -0.15) is 0 Å². The molecule has 0 aromatic heterocycles. The normalized spacial score (nSPS) is 14.5. The van der Waals surface area contributed by atoms with Crippen LogP contribution in [0.1, 0.15) is 15.9 Å². The van der Waals surface area contributed by atoms with E-state index in [0.29, 0.717) is 54.0 Å². The number of methoxy groups -OCH3 is 2. The predicted molar refractivity (Wildman–Crippen MR) is 127 cm³/mol. The van der Waals surface area contributed by atoms with Gasteiger partial charge in [0.1, 0.15) is 5.70 Å². The molecule has 1 heterocycles. The molecule has 1 saturated heterocycles. The van der Waals surface area contributed by atoms with E-state index in [-0.39, 0.29) is 11.6 Å². The first kappa shape index (κ1) is 24.6. The molecule has 1 fully saturated rings. The third-order valence-corrected chi connectivity index (χ3v) is 5.39. The summed E-state index contributed by atoms with van der Waals surface area (Å²) in [6.07, 6.45) is 1.60. The summed E-state index contributed by atoms with van der Waals surface area (Å²) in [6, 6.07) is 11.7. The van der Waals surface area contributed by atoms with Crippen LogP contribution in [-0.4, -0.2) is 70.3 Å². The average Bonchev–Trinajstić information content (AvgIpc) is 2.84. The van der Waals surface area contributed by atoms with Crippen LogP contribution in [0.3, 0.4) is 0 Å². The molecular weight excluding hydrogens is 446 g/mol. The molecule has 3 rings (SSSR count). The number of nitrogens with zero attached hydrogens (tertiary/aromatic N) is 1. The van der Waals surface area contributed by atoms with E-state index in [9.17, 15) is 9.59 Å². The Balaban J connectivity index is 1.77. The van der Waals surface area contributed by atoms with Crippen molar-refractivity contribution in [3.05, 3.63) is 64.3 Å². The molecule has 0 saturated carbocycles. The number of carbonyl (C=O) groups excluding carboxylic acids is 2. The van der Waals surface area contributed by atoms with Crippen LogP contribution < -0.4 is 20.1 Å². The highest BCUT2D eigenvalue weighted by molar-refractivity contribution is 6.30. The Kier molecular flexibility index (Phi) is 9.12. The molecule has 33 heavy (non-hydrogen) atoms. The number of benzene rings is 2. The molecule has 8 nitrogen and oxygen atoms in total. The summed E-state index contributed by atoms with van der Waals surface area (Å²) in [5, 5.41) is 6.12. The van der Waals surface area contributed by atoms with Gasteiger partial charge in [0, 0.05) is 36.8 Å². The number of carbonyl (C=O) groups is 2. The Hall–Kier alpha value is -3.07. The molecule has 1 aliphatic rings. The molecule has 2 N–H and O–H groups in total. The highest BCUT2D eigenvalue weighted by Gasteiger charge is 2.16. The van der Waals surface area contributed by atoms with Gasteiger partial charge in [-0.05, 0) is 48.0 Å². The lowest BCUT2D eigenvalue weighted by atomic mass is 10.1. The second kappa shape index (κ2) is 12.2. The Morgan fingerprint density at radius 1 is 1.06 bits per heavy atom.